The fraction of sp³-hybridized carbons (Fsp3) is 1.00. The Bertz CT molecular complexity index is 16.3. The van der Waals surface area contributed by atoms with Crippen molar-refractivity contribution in [3.05, 3.63) is 5.73 Å². The summed E-state index contributed by atoms with van der Waals surface area (Å²) in [6.45, 7) is 0.812. The first kappa shape index (κ1) is 9.74. The molecule has 2 nitrogen and oxygen atoms in total. The molecule has 0 spiro atoms. The maximum absolute atomic E-state index is 6.48. The first-order valence-corrected chi connectivity index (χ1v) is 1.71. The van der Waals surface area contributed by atoms with Crippen molar-refractivity contribution in [1.82, 2.24) is 5.73 Å². The third kappa shape index (κ3) is 8.82. The van der Waals surface area contributed by atoms with Crippen molar-refractivity contribution in [2.24, 2.45) is 0 Å². The van der Waals surface area contributed by atoms with Crippen LogP contribution in [-0.4, -0.2) is 13.1 Å². The smallest absolute Gasteiger partial charge is 0.677 e. The van der Waals surface area contributed by atoms with Gasteiger partial charge in [0.05, 0.1) is 0 Å². The van der Waals surface area contributed by atoms with Crippen molar-refractivity contribution < 1.29 is 19.5 Å². The van der Waals surface area contributed by atoms with E-state index in [0.717, 1.165) is 6.42 Å². The summed E-state index contributed by atoms with van der Waals surface area (Å²) in [6, 6.07) is 0. The summed E-state index contributed by atoms with van der Waals surface area (Å²) in [5.74, 6) is 0. The van der Waals surface area contributed by atoms with Gasteiger partial charge in [0.15, 0.2) is 0 Å². The average molecular weight is 173 g/mol. The van der Waals surface area contributed by atoms with Gasteiger partial charge in [0, 0.05) is 6.54 Å². The number of hydrogen-bond donors (Lipinski definition) is 0. The molecular formula is C3H8N2Ru. The molecule has 0 aliphatic carbocycles. The van der Waals surface area contributed by atoms with E-state index in [9.17, 15) is 0 Å². The standard InChI is InChI=1S/C3H8N2.Ru/c4-2-1-3-5;/h4-5H,1-3H2;/q-1;+1. The van der Waals surface area contributed by atoms with Crippen LogP contribution < -0.4 is 5.73 Å². The number of rotatable bonds is 2. The van der Waals surface area contributed by atoms with Gasteiger partial charge in [-0.25, -0.2) is 0 Å². The fourth-order valence-electron chi connectivity index (χ4n) is 0.0884. The molecule has 0 saturated heterocycles. The van der Waals surface area contributed by atoms with Crippen molar-refractivity contribution in [2.45, 2.75) is 6.42 Å². The summed E-state index contributed by atoms with van der Waals surface area (Å²) in [5.41, 5.74) is 13.0. The van der Waals surface area contributed by atoms with E-state index >= 15 is 0 Å². The van der Waals surface area contributed by atoms with Crippen LogP contribution in [0.25, 0.3) is 5.73 Å². The van der Waals surface area contributed by atoms with Gasteiger partial charge in [0.25, 0.3) is 0 Å². The topological polar surface area (TPSA) is 47.6 Å². The predicted octanol–water partition coefficient (Wildman–Crippen LogP) is 0.709. The van der Waals surface area contributed by atoms with Crippen LogP contribution in [0.5, 0.6) is 0 Å². The quantitative estimate of drug-likeness (QED) is 0.552. The molecule has 0 aromatic rings. The minimum Gasteiger partial charge on any atom is -0.677 e. The maximum Gasteiger partial charge on any atom is 1.00 e. The van der Waals surface area contributed by atoms with E-state index < -0.39 is 0 Å². The van der Waals surface area contributed by atoms with Crippen LogP contribution in [0, 0.1) is 0 Å². The first-order valence-electron chi connectivity index (χ1n) is 1.71. The van der Waals surface area contributed by atoms with E-state index in [1.54, 1.807) is 0 Å². The molecule has 38 valence electrons. The van der Waals surface area contributed by atoms with E-state index in [2.05, 4.69) is 0 Å². The Morgan fingerprint density at radius 1 is 1.50 bits per heavy atom. The molecular weight excluding hydrogens is 165 g/mol. The van der Waals surface area contributed by atoms with E-state index in [0.29, 0.717) is 13.1 Å². The number of hydrogen-bond acceptors (Lipinski definition) is 0. The molecule has 0 fully saturated rings. The molecule has 0 aliphatic heterocycles. The predicted molar refractivity (Wildman–Crippen MR) is 21.8 cm³/mol. The monoisotopic (exact) mass is 174 g/mol. The summed E-state index contributed by atoms with van der Waals surface area (Å²) in [4.78, 5) is 0. The Morgan fingerprint density at radius 2 is 2.00 bits per heavy atom. The summed E-state index contributed by atoms with van der Waals surface area (Å²) in [7, 11) is 0. The first-order chi connectivity index (χ1) is 2.41. The summed E-state index contributed by atoms with van der Waals surface area (Å²) in [5, 5.41) is 0. The summed E-state index contributed by atoms with van der Waals surface area (Å²) >= 11 is 0. The molecule has 0 unspecified atom stereocenters. The molecule has 0 saturated carbocycles. The van der Waals surface area contributed by atoms with Crippen LogP contribution >= 0.6 is 0 Å². The molecule has 0 heterocycles. The van der Waals surface area contributed by atoms with Gasteiger partial charge in [-0.05, 0) is 0 Å². The van der Waals surface area contributed by atoms with Crippen molar-refractivity contribution in [1.29, 1.82) is 0 Å². The molecule has 0 amide bonds. The molecule has 0 aromatic carbocycles. The Labute approximate surface area is 51.0 Å². The molecule has 0 aromatic heterocycles. The molecule has 0 rings (SSSR count). The Kier molecular flexibility index (Phi) is 14.8. The zero-order valence-corrected chi connectivity index (χ0v) is 5.21. The largest absolute Gasteiger partial charge is 1.00 e. The zero-order chi connectivity index (χ0) is 4.12. The van der Waals surface area contributed by atoms with Crippen molar-refractivity contribution in [2.75, 3.05) is 13.1 Å². The van der Waals surface area contributed by atoms with Gasteiger partial charge in [0.2, 0.25) is 0 Å². The van der Waals surface area contributed by atoms with Gasteiger partial charge in [-0.15, -0.1) is 6.54 Å². The molecule has 0 bridgehead atoms. The summed E-state index contributed by atoms with van der Waals surface area (Å²) in [6.07, 6.45) is 0.722. The van der Waals surface area contributed by atoms with Gasteiger partial charge in [-0.1, -0.05) is 6.42 Å². The van der Waals surface area contributed by atoms with Crippen molar-refractivity contribution in [3.8, 4) is 0 Å². The average Bonchev–Trinajstić information content (AvgIpc) is 1.41. The molecule has 3 heteroatoms. The van der Waals surface area contributed by atoms with Crippen LogP contribution in [0.3, 0.4) is 0 Å². The minimum absolute atomic E-state index is 0. The second kappa shape index (κ2) is 9.11. The molecule has 0 atom stereocenters. The Balaban J connectivity index is 0. The maximum atomic E-state index is 6.48. The molecule has 0 aliphatic rings. The van der Waals surface area contributed by atoms with E-state index in [1.165, 1.54) is 0 Å². The molecule has 6 heavy (non-hydrogen) atoms. The van der Waals surface area contributed by atoms with E-state index in [4.69, 9.17) is 11.5 Å². The molecule has 2 radical (unpaired) electrons. The zero-order valence-electron chi connectivity index (χ0n) is 3.47. The summed E-state index contributed by atoms with van der Waals surface area (Å²) < 4.78 is 0. The van der Waals surface area contributed by atoms with Crippen LogP contribution in [0.1, 0.15) is 6.42 Å². The van der Waals surface area contributed by atoms with Crippen LogP contribution in [0.4, 0.5) is 0 Å². The van der Waals surface area contributed by atoms with Gasteiger partial charge < -0.3 is 5.73 Å². The third-order valence-electron chi connectivity index (χ3n) is 0.354. The molecule has 2 N–H and O–H groups in total. The van der Waals surface area contributed by atoms with Crippen molar-refractivity contribution >= 4 is 0 Å². The third-order valence-corrected chi connectivity index (χ3v) is 0.354. The SMILES string of the molecule is [NH]CCC[NH-].[Ru+]. The Morgan fingerprint density at radius 3 is 2.00 bits per heavy atom. The second-order valence-electron chi connectivity index (χ2n) is 0.854. The fourth-order valence-corrected chi connectivity index (χ4v) is 0.0884. The van der Waals surface area contributed by atoms with Gasteiger partial charge in [-0.3, -0.25) is 5.73 Å². The normalized spacial score (nSPS) is 7.00. The van der Waals surface area contributed by atoms with E-state index in [1.807, 2.05) is 0 Å². The number of nitrogens with one attached hydrogen (secondary N) is 2. The van der Waals surface area contributed by atoms with Gasteiger partial charge in [0.1, 0.15) is 0 Å². The minimum atomic E-state index is 0. The second-order valence-corrected chi connectivity index (χ2v) is 0.854. The Hall–Kier alpha value is 0.543. The van der Waals surface area contributed by atoms with Crippen LogP contribution in [-0.2, 0) is 19.5 Å². The van der Waals surface area contributed by atoms with Gasteiger partial charge in [-0.2, -0.15) is 0 Å². The van der Waals surface area contributed by atoms with Crippen LogP contribution in [0.2, 0.25) is 0 Å². The van der Waals surface area contributed by atoms with E-state index in [-0.39, 0.29) is 19.5 Å². The van der Waals surface area contributed by atoms with Gasteiger partial charge >= 0.3 is 19.5 Å². The van der Waals surface area contributed by atoms with Crippen molar-refractivity contribution in [3.63, 3.8) is 0 Å². The van der Waals surface area contributed by atoms with Crippen LogP contribution in [0.15, 0.2) is 0 Å².